The highest BCUT2D eigenvalue weighted by atomic mass is 16.5. The van der Waals surface area contributed by atoms with Gasteiger partial charge in [0.05, 0.1) is 12.2 Å². The highest BCUT2D eigenvalue weighted by Crippen LogP contribution is 2.37. The Labute approximate surface area is 182 Å². The molecule has 1 atom stereocenters. The van der Waals surface area contributed by atoms with Gasteiger partial charge in [0, 0.05) is 24.3 Å². The van der Waals surface area contributed by atoms with E-state index in [1.165, 1.54) is 11.1 Å². The zero-order valence-corrected chi connectivity index (χ0v) is 17.9. The summed E-state index contributed by atoms with van der Waals surface area (Å²) in [5.41, 5.74) is 4.71. The van der Waals surface area contributed by atoms with Crippen molar-refractivity contribution in [3.8, 4) is 34.7 Å². The van der Waals surface area contributed by atoms with E-state index in [0.29, 0.717) is 47.8 Å². The van der Waals surface area contributed by atoms with Crippen LogP contribution in [0.2, 0.25) is 0 Å². The van der Waals surface area contributed by atoms with Crippen LogP contribution in [0, 0.1) is 11.3 Å². The van der Waals surface area contributed by atoms with Gasteiger partial charge in [0.1, 0.15) is 18.4 Å². The first-order chi connectivity index (χ1) is 15.2. The van der Waals surface area contributed by atoms with E-state index < -0.39 is 0 Å². The predicted molar refractivity (Wildman–Crippen MR) is 117 cm³/mol. The van der Waals surface area contributed by atoms with Crippen LogP contribution < -0.4 is 10.1 Å². The van der Waals surface area contributed by atoms with Crippen LogP contribution in [-0.4, -0.2) is 37.0 Å². The molecule has 1 aliphatic carbocycles. The zero-order chi connectivity index (χ0) is 21.6. The van der Waals surface area contributed by atoms with E-state index in [-0.39, 0.29) is 0 Å². The molecule has 1 aliphatic rings. The molecule has 2 aromatic carbocycles. The molecular weight excluding hydrogens is 392 g/mol. The summed E-state index contributed by atoms with van der Waals surface area (Å²) < 4.78 is 16.1. The summed E-state index contributed by atoms with van der Waals surface area (Å²) in [6, 6.07) is 14.1. The summed E-state index contributed by atoms with van der Waals surface area (Å²) >= 11 is 0. The number of aromatic nitrogens is 2. The third-order valence-electron chi connectivity index (χ3n) is 5.47. The maximum atomic E-state index is 9.49. The fraction of sp³-hybridized carbons (Fsp3) is 0.375. The lowest BCUT2D eigenvalue weighted by molar-refractivity contribution is 0.146. The van der Waals surface area contributed by atoms with Gasteiger partial charge in [-0.1, -0.05) is 30.3 Å². The number of hydrogen-bond acceptors (Lipinski definition) is 7. The van der Waals surface area contributed by atoms with Gasteiger partial charge in [0.15, 0.2) is 0 Å². The molecule has 0 bridgehead atoms. The van der Waals surface area contributed by atoms with Crippen molar-refractivity contribution in [3.63, 3.8) is 0 Å². The molecular formula is C24H26N4O3. The van der Waals surface area contributed by atoms with Gasteiger partial charge in [0.25, 0.3) is 5.89 Å². The second-order valence-electron chi connectivity index (χ2n) is 7.51. The Kier molecular flexibility index (Phi) is 6.60. The molecule has 0 saturated heterocycles. The van der Waals surface area contributed by atoms with Gasteiger partial charge < -0.3 is 19.3 Å². The minimum absolute atomic E-state index is 0.377. The van der Waals surface area contributed by atoms with Crippen molar-refractivity contribution >= 4 is 0 Å². The van der Waals surface area contributed by atoms with Crippen LogP contribution in [0.15, 0.2) is 40.9 Å². The fourth-order valence-corrected chi connectivity index (χ4v) is 3.96. The molecule has 31 heavy (non-hydrogen) atoms. The van der Waals surface area contributed by atoms with Crippen molar-refractivity contribution in [2.45, 2.75) is 32.2 Å². The van der Waals surface area contributed by atoms with Gasteiger partial charge in [-0.2, -0.15) is 10.2 Å². The van der Waals surface area contributed by atoms with Crippen LogP contribution >= 0.6 is 0 Å². The maximum absolute atomic E-state index is 9.49. The Bertz CT molecular complexity index is 1090. The van der Waals surface area contributed by atoms with Gasteiger partial charge in [-0.15, -0.1) is 0 Å². The van der Waals surface area contributed by atoms with Crippen molar-refractivity contribution in [1.82, 2.24) is 15.5 Å². The molecule has 0 amide bonds. The number of hydrogen-bond donors (Lipinski definition) is 1. The van der Waals surface area contributed by atoms with Gasteiger partial charge in [-0.05, 0) is 55.1 Å². The Morgan fingerprint density at radius 1 is 1.26 bits per heavy atom. The minimum Gasteiger partial charge on any atom is -0.490 e. The molecule has 4 rings (SSSR count). The summed E-state index contributed by atoms with van der Waals surface area (Å²) in [7, 11) is 1.61. The quantitative estimate of drug-likeness (QED) is 0.518. The molecule has 1 unspecified atom stereocenters. The fourth-order valence-electron chi connectivity index (χ4n) is 3.96. The van der Waals surface area contributed by atoms with E-state index in [0.717, 1.165) is 31.4 Å². The normalized spacial score (nSPS) is 14.9. The van der Waals surface area contributed by atoms with Crippen molar-refractivity contribution < 1.29 is 14.0 Å². The predicted octanol–water partition coefficient (Wildman–Crippen LogP) is 4.29. The molecule has 1 N–H and O–H groups in total. The molecule has 0 saturated carbocycles. The van der Waals surface area contributed by atoms with Crippen LogP contribution in [0.1, 0.15) is 42.5 Å². The molecule has 1 aromatic heterocycles. The molecule has 0 radical (unpaired) electrons. The number of nitriles is 1. The van der Waals surface area contributed by atoms with Crippen LogP contribution in [-0.2, 0) is 11.2 Å². The van der Waals surface area contributed by atoms with Crippen molar-refractivity contribution in [1.29, 1.82) is 5.26 Å². The molecule has 1 heterocycles. The minimum atomic E-state index is 0.377. The standard InChI is InChI=1S/C24H26N4O3/c1-3-11-26-21-9-8-18-19(21)5-4-6-20(18)23-27-24(31-28-23)16-7-10-22(17(14-16)15-25)30-13-12-29-2/h4-7,10,14,21,26H,3,8-9,11-13H2,1-2H3. The van der Waals surface area contributed by atoms with Gasteiger partial charge in [-0.25, -0.2) is 0 Å². The van der Waals surface area contributed by atoms with E-state index in [2.05, 4.69) is 40.6 Å². The van der Waals surface area contributed by atoms with Gasteiger partial charge in [-0.3, -0.25) is 0 Å². The number of benzene rings is 2. The third-order valence-corrected chi connectivity index (χ3v) is 5.47. The molecule has 3 aromatic rings. The molecule has 7 nitrogen and oxygen atoms in total. The monoisotopic (exact) mass is 418 g/mol. The molecule has 0 spiro atoms. The first-order valence-corrected chi connectivity index (χ1v) is 10.6. The Balaban J connectivity index is 1.59. The van der Waals surface area contributed by atoms with Crippen LogP contribution in [0.25, 0.3) is 22.8 Å². The average Bonchev–Trinajstić information content (AvgIpc) is 3.45. The number of nitrogens with zero attached hydrogens (tertiary/aromatic N) is 3. The summed E-state index contributed by atoms with van der Waals surface area (Å²) in [5, 5.41) is 17.3. The average molecular weight is 418 g/mol. The van der Waals surface area contributed by atoms with Crippen LogP contribution in [0.3, 0.4) is 0 Å². The largest absolute Gasteiger partial charge is 0.490 e. The number of methoxy groups -OCH3 is 1. The van der Waals surface area contributed by atoms with Crippen LogP contribution in [0.4, 0.5) is 0 Å². The number of nitrogens with one attached hydrogen (secondary N) is 1. The molecule has 7 heteroatoms. The van der Waals surface area contributed by atoms with Crippen molar-refractivity contribution in [2.24, 2.45) is 0 Å². The van der Waals surface area contributed by atoms with Crippen molar-refractivity contribution in [3.05, 3.63) is 53.1 Å². The van der Waals surface area contributed by atoms with E-state index in [4.69, 9.17) is 14.0 Å². The zero-order valence-electron chi connectivity index (χ0n) is 17.9. The Morgan fingerprint density at radius 3 is 2.97 bits per heavy atom. The Hall–Kier alpha value is -3.21. The molecule has 0 fully saturated rings. The van der Waals surface area contributed by atoms with Gasteiger partial charge >= 0.3 is 0 Å². The summed E-state index contributed by atoms with van der Waals surface area (Å²) in [6.45, 7) is 4.02. The van der Waals surface area contributed by atoms with Crippen molar-refractivity contribution in [2.75, 3.05) is 26.9 Å². The van der Waals surface area contributed by atoms with E-state index >= 15 is 0 Å². The highest BCUT2D eigenvalue weighted by molar-refractivity contribution is 5.67. The summed E-state index contributed by atoms with van der Waals surface area (Å²) in [4.78, 5) is 4.63. The highest BCUT2D eigenvalue weighted by Gasteiger charge is 2.26. The first kappa shape index (κ1) is 21.0. The second kappa shape index (κ2) is 9.73. The van der Waals surface area contributed by atoms with E-state index in [1.54, 1.807) is 19.2 Å². The lowest BCUT2D eigenvalue weighted by Gasteiger charge is -2.13. The number of fused-ring (bicyclic) bond motifs is 1. The summed E-state index contributed by atoms with van der Waals surface area (Å²) in [5.74, 6) is 1.46. The smallest absolute Gasteiger partial charge is 0.258 e. The second-order valence-corrected chi connectivity index (χ2v) is 7.51. The lowest BCUT2D eigenvalue weighted by atomic mass is 10.0. The summed E-state index contributed by atoms with van der Waals surface area (Å²) in [6.07, 6.45) is 3.18. The van der Waals surface area contributed by atoms with E-state index in [9.17, 15) is 5.26 Å². The van der Waals surface area contributed by atoms with Gasteiger partial charge in [0.2, 0.25) is 5.82 Å². The van der Waals surface area contributed by atoms with Crippen LogP contribution in [0.5, 0.6) is 5.75 Å². The topological polar surface area (TPSA) is 93.2 Å². The molecule has 160 valence electrons. The number of rotatable bonds is 9. The first-order valence-electron chi connectivity index (χ1n) is 10.6. The molecule has 0 aliphatic heterocycles. The SMILES string of the molecule is CCCNC1CCc2c(-c3noc(-c4ccc(OCCOC)c(C#N)c4)n3)cccc21. The number of ether oxygens (including phenoxy) is 2. The Morgan fingerprint density at radius 2 is 2.16 bits per heavy atom. The third kappa shape index (κ3) is 4.46. The lowest BCUT2D eigenvalue weighted by Crippen LogP contribution is -2.19. The maximum Gasteiger partial charge on any atom is 0.258 e. The van der Waals surface area contributed by atoms with E-state index in [1.807, 2.05) is 12.1 Å².